The molecule has 0 heterocycles. The van der Waals surface area contributed by atoms with Crippen LogP contribution in [-0.2, 0) is 0 Å². The van der Waals surface area contributed by atoms with E-state index in [9.17, 15) is 0 Å². The molecule has 0 aliphatic heterocycles. The van der Waals surface area contributed by atoms with Crippen LogP contribution < -0.4 is 14.8 Å². The molecule has 0 unspecified atom stereocenters. The van der Waals surface area contributed by atoms with E-state index in [1.54, 1.807) is 7.11 Å². The lowest BCUT2D eigenvalue weighted by Gasteiger charge is -2.29. The summed E-state index contributed by atoms with van der Waals surface area (Å²) in [4.78, 5) is 0. The topological polar surface area (TPSA) is 30.5 Å². The van der Waals surface area contributed by atoms with E-state index in [1.807, 2.05) is 24.3 Å². The van der Waals surface area contributed by atoms with Crippen molar-refractivity contribution in [2.45, 2.75) is 51.5 Å². The fourth-order valence-electron chi connectivity index (χ4n) is 3.17. The Balaban J connectivity index is 1.57. The maximum absolute atomic E-state index is 5.74. The molecule has 1 fully saturated rings. The van der Waals surface area contributed by atoms with Crippen molar-refractivity contribution in [3.05, 3.63) is 24.3 Å². The molecule has 1 aromatic carbocycles. The predicted octanol–water partition coefficient (Wildman–Crippen LogP) is 4.02. The Morgan fingerprint density at radius 2 is 1.71 bits per heavy atom. The number of nitrogens with one attached hydrogen (secondary N) is 1. The Kier molecular flexibility index (Phi) is 6.87. The van der Waals surface area contributed by atoms with Gasteiger partial charge >= 0.3 is 0 Å². The van der Waals surface area contributed by atoms with Crippen molar-refractivity contribution in [2.24, 2.45) is 5.92 Å². The van der Waals surface area contributed by atoms with Gasteiger partial charge in [-0.2, -0.15) is 0 Å². The first kappa shape index (κ1) is 16.2. The van der Waals surface area contributed by atoms with Crippen LogP contribution in [0.25, 0.3) is 0 Å². The molecule has 0 atom stereocenters. The van der Waals surface area contributed by atoms with E-state index in [-0.39, 0.29) is 0 Å². The molecule has 0 saturated heterocycles. The van der Waals surface area contributed by atoms with E-state index in [4.69, 9.17) is 9.47 Å². The van der Waals surface area contributed by atoms with Gasteiger partial charge in [-0.15, -0.1) is 0 Å². The van der Waals surface area contributed by atoms with Crippen molar-refractivity contribution in [1.29, 1.82) is 0 Å². The third kappa shape index (κ3) is 5.58. The van der Waals surface area contributed by atoms with Crippen LogP contribution in [0.3, 0.4) is 0 Å². The fourth-order valence-corrected chi connectivity index (χ4v) is 3.17. The van der Waals surface area contributed by atoms with Crippen molar-refractivity contribution in [2.75, 3.05) is 20.3 Å². The molecule has 0 aromatic heterocycles. The molecular formula is C18H29NO2. The molecule has 118 valence electrons. The third-order valence-electron chi connectivity index (χ3n) is 4.41. The highest BCUT2D eigenvalue weighted by atomic mass is 16.5. The summed E-state index contributed by atoms with van der Waals surface area (Å²) >= 11 is 0. The van der Waals surface area contributed by atoms with Gasteiger partial charge in [0.25, 0.3) is 0 Å². The SMILES string of the molecule is CCCC1CCC(NCCOc2ccc(OC)cc2)CC1. The van der Waals surface area contributed by atoms with Crippen LogP contribution in [0.15, 0.2) is 24.3 Å². The van der Waals surface area contributed by atoms with Crippen LogP contribution in [0.4, 0.5) is 0 Å². The average molecular weight is 291 g/mol. The Bertz CT molecular complexity index is 383. The minimum atomic E-state index is 0.692. The van der Waals surface area contributed by atoms with E-state index in [2.05, 4.69) is 12.2 Å². The molecule has 2 rings (SSSR count). The Morgan fingerprint density at radius 1 is 1.05 bits per heavy atom. The van der Waals surface area contributed by atoms with E-state index in [0.29, 0.717) is 6.04 Å². The van der Waals surface area contributed by atoms with Gasteiger partial charge in [-0.05, 0) is 55.9 Å². The Hall–Kier alpha value is -1.22. The van der Waals surface area contributed by atoms with Gasteiger partial charge < -0.3 is 14.8 Å². The van der Waals surface area contributed by atoms with Crippen LogP contribution >= 0.6 is 0 Å². The fraction of sp³-hybridized carbons (Fsp3) is 0.667. The standard InChI is InChI=1S/C18H29NO2/c1-3-4-15-5-7-16(8-6-15)19-13-14-21-18-11-9-17(20-2)10-12-18/h9-12,15-16,19H,3-8,13-14H2,1-2H3. The van der Waals surface area contributed by atoms with Crippen molar-refractivity contribution >= 4 is 0 Å². The number of ether oxygens (including phenoxy) is 2. The first-order chi connectivity index (χ1) is 10.3. The maximum atomic E-state index is 5.74. The zero-order valence-electron chi connectivity index (χ0n) is 13.4. The summed E-state index contributed by atoms with van der Waals surface area (Å²) in [7, 11) is 1.68. The van der Waals surface area contributed by atoms with Crippen LogP contribution in [0, 0.1) is 5.92 Å². The molecule has 1 aliphatic rings. The monoisotopic (exact) mass is 291 g/mol. The summed E-state index contributed by atoms with van der Waals surface area (Å²) in [5, 5.41) is 3.63. The van der Waals surface area contributed by atoms with Gasteiger partial charge in [0.1, 0.15) is 18.1 Å². The number of rotatable bonds is 8. The summed E-state index contributed by atoms with van der Waals surface area (Å²) < 4.78 is 10.9. The molecule has 1 aromatic rings. The molecule has 21 heavy (non-hydrogen) atoms. The maximum Gasteiger partial charge on any atom is 0.119 e. The molecule has 1 saturated carbocycles. The lowest BCUT2D eigenvalue weighted by molar-refractivity contribution is 0.256. The van der Waals surface area contributed by atoms with Gasteiger partial charge in [-0.1, -0.05) is 19.8 Å². The number of methoxy groups -OCH3 is 1. The number of hydrogen-bond acceptors (Lipinski definition) is 3. The van der Waals surface area contributed by atoms with Gasteiger partial charge in [0.2, 0.25) is 0 Å². The van der Waals surface area contributed by atoms with Crippen molar-refractivity contribution < 1.29 is 9.47 Å². The first-order valence-corrected chi connectivity index (χ1v) is 8.32. The lowest BCUT2D eigenvalue weighted by Crippen LogP contribution is -2.35. The van der Waals surface area contributed by atoms with Gasteiger partial charge in [0.15, 0.2) is 0 Å². The zero-order valence-corrected chi connectivity index (χ0v) is 13.4. The molecule has 0 spiro atoms. The molecule has 0 bridgehead atoms. The summed E-state index contributed by atoms with van der Waals surface area (Å²) in [6.45, 7) is 3.94. The van der Waals surface area contributed by atoms with E-state index >= 15 is 0 Å². The summed E-state index contributed by atoms with van der Waals surface area (Å²) in [5.41, 5.74) is 0. The van der Waals surface area contributed by atoms with E-state index in [1.165, 1.54) is 38.5 Å². The summed E-state index contributed by atoms with van der Waals surface area (Å²) in [6.07, 6.45) is 8.18. The van der Waals surface area contributed by atoms with Crippen LogP contribution in [0.2, 0.25) is 0 Å². The summed E-state index contributed by atoms with van der Waals surface area (Å²) in [5.74, 6) is 2.75. The minimum Gasteiger partial charge on any atom is -0.497 e. The quantitative estimate of drug-likeness (QED) is 0.734. The Morgan fingerprint density at radius 3 is 2.33 bits per heavy atom. The van der Waals surface area contributed by atoms with Crippen LogP contribution in [0.1, 0.15) is 45.4 Å². The second kappa shape index (κ2) is 8.93. The van der Waals surface area contributed by atoms with Gasteiger partial charge in [0, 0.05) is 12.6 Å². The lowest BCUT2D eigenvalue weighted by atomic mass is 9.83. The van der Waals surface area contributed by atoms with E-state index < -0.39 is 0 Å². The highest BCUT2D eigenvalue weighted by Gasteiger charge is 2.19. The highest BCUT2D eigenvalue weighted by molar-refractivity contribution is 5.31. The van der Waals surface area contributed by atoms with Crippen LogP contribution in [0.5, 0.6) is 11.5 Å². The largest absolute Gasteiger partial charge is 0.497 e. The predicted molar refractivity (Wildman–Crippen MR) is 87.1 cm³/mol. The average Bonchev–Trinajstić information content (AvgIpc) is 2.54. The van der Waals surface area contributed by atoms with Gasteiger partial charge in [-0.3, -0.25) is 0 Å². The minimum absolute atomic E-state index is 0.692. The zero-order chi connectivity index (χ0) is 14.9. The van der Waals surface area contributed by atoms with Gasteiger partial charge in [-0.25, -0.2) is 0 Å². The third-order valence-corrected chi connectivity index (χ3v) is 4.41. The molecule has 3 nitrogen and oxygen atoms in total. The molecular weight excluding hydrogens is 262 g/mol. The normalized spacial score (nSPS) is 22.0. The molecule has 0 amide bonds. The Labute approximate surface area is 129 Å². The van der Waals surface area contributed by atoms with Crippen LogP contribution in [-0.4, -0.2) is 26.3 Å². The van der Waals surface area contributed by atoms with Crippen molar-refractivity contribution in [3.8, 4) is 11.5 Å². The number of hydrogen-bond donors (Lipinski definition) is 1. The molecule has 3 heteroatoms. The second-order valence-corrected chi connectivity index (χ2v) is 5.98. The van der Waals surface area contributed by atoms with Gasteiger partial charge in [0.05, 0.1) is 7.11 Å². The van der Waals surface area contributed by atoms with Crippen molar-refractivity contribution in [3.63, 3.8) is 0 Å². The molecule has 1 N–H and O–H groups in total. The van der Waals surface area contributed by atoms with Crippen molar-refractivity contribution in [1.82, 2.24) is 5.32 Å². The molecule has 1 aliphatic carbocycles. The first-order valence-electron chi connectivity index (χ1n) is 8.32. The smallest absolute Gasteiger partial charge is 0.119 e. The highest BCUT2D eigenvalue weighted by Crippen LogP contribution is 2.27. The second-order valence-electron chi connectivity index (χ2n) is 5.98. The van der Waals surface area contributed by atoms with E-state index in [0.717, 1.165) is 30.6 Å². The summed E-state index contributed by atoms with van der Waals surface area (Å²) in [6, 6.07) is 8.46. The molecule has 0 radical (unpaired) electrons. The number of benzene rings is 1.